The smallest absolute Gasteiger partial charge is 0.163 e. The van der Waals surface area contributed by atoms with Crippen molar-refractivity contribution < 1.29 is 14.3 Å². The van der Waals surface area contributed by atoms with Gasteiger partial charge in [0.25, 0.3) is 0 Å². The van der Waals surface area contributed by atoms with Crippen LogP contribution in [0.2, 0.25) is 0 Å². The molecule has 0 aliphatic carbocycles. The number of benzene rings is 1. The highest BCUT2D eigenvalue weighted by molar-refractivity contribution is 6.00. The van der Waals surface area contributed by atoms with Crippen LogP contribution in [0.15, 0.2) is 12.1 Å². The van der Waals surface area contributed by atoms with Crippen LogP contribution in [0.3, 0.4) is 0 Å². The Balaban J connectivity index is 3.46. The molecule has 0 amide bonds. The lowest BCUT2D eigenvalue weighted by Crippen LogP contribution is -2.03. The standard InChI is InChI=1S/C11H12O3/c1-7-9(6-12)4-5-10(14-3)11(7)8(2)13/h4-6H,1-3H3. The molecule has 3 nitrogen and oxygen atoms in total. The van der Waals surface area contributed by atoms with Crippen LogP contribution in [0.25, 0.3) is 0 Å². The first-order valence-corrected chi connectivity index (χ1v) is 4.25. The van der Waals surface area contributed by atoms with Crippen molar-refractivity contribution in [2.75, 3.05) is 7.11 Å². The van der Waals surface area contributed by atoms with Crippen molar-refractivity contribution in [3.8, 4) is 5.75 Å². The Hall–Kier alpha value is -1.64. The quantitative estimate of drug-likeness (QED) is 0.543. The van der Waals surface area contributed by atoms with Gasteiger partial charge in [-0.3, -0.25) is 9.59 Å². The number of carbonyl (C=O) groups excluding carboxylic acids is 2. The molecule has 0 fully saturated rings. The van der Waals surface area contributed by atoms with Gasteiger partial charge < -0.3 is 4.74 Å². The van der Waals surface area contributed by atoms with E-state index in [4.69, 9.17) is 4.74 Å². The number of ketones is 1. The molecule has 3 heteroatoms. The van der Waals surface area contributed by atoms with Crippen LogP contribution in [0.4, 0.5) is 0 Å². The molecule has 1 aromatic rings. The molecule has 0 aliphatic rings. The molecule has 0 N–H and O–H groups in total. The highest BCUT2D eigenvalue weighted by atomic mass is 16.5. The summed E-state index contributed by atoms with van der Waals surface area (Å²) in [5.74, 6) is 0.420. The van der Waals surface area contributed by atoms with Crippen LogP contribution in [0.1, 0.15) is 33.2 Å². The zero-order chi connectivity index (χ0) is 10.7. The summed E-state index contributed by atoms with van der Waals surface area (Å²) < 4.78 is 5.05. The second kappa shape index (κ2) is 4.05. The van der Waals surface area contributed by atoms with Gasteiger partial charge in [-0.2, -0.15) is 0 Å². The van der Waals surface area contributed by atoms with Crippen LogP contribution in [0, 0.1) is 6.92 Å². The van der Waals surface area contributed by atoms with Gasteiger partial charge in [-0.25, -0.2) is 0 Å². The lowest BCUT2D eigenvalue weighted by molar-refractivity contribution is 0.101. The molecule has 0 saturated carbocycles. The van der Waals surface area contributed by atoms with Gasteiger partial charge in [0.1, 0.15) is 12.0 Å². The van der Waals surface area contributed by atoms with Gasteiger partial charge in [0.15, 0.2) is 5.78 Å². The number of carbonyl (C=O) groups is 2. The van der Waals surface area contributed by atoms with Crippen molar-refractivity contribution in [1.29, 1.82) is 0 Å². The van der Waals surface area contributed by atoms with Crippen LogP contribution < -0.4 is 4.74 Å². The van der Waals surface area contributed by atoms with Gasteiger partial charge in [-0.1, -0.05) is 0 Å². The first kappa shape index (κ1) is 10.4. The number of rotatable bonds is 3. The zero-order valence-electron chi connectivity index (χ0n) is 8.46. The minimum atomic E-state index is -0.0944. The third-order valence-corrected chi connectivity index (χ3v) is 2.17. The Labute approximate surface area is 82.7 Å². The van der Waals surface area contributed by atoms with Gasteiger partial charge in [0, 0.05) is 5.56 Å². The van der Waals surface area contributed by atoms with Gasteiger partial charge in [0.05, 0.1) is 12.7 Å². The number of hydrogen-bond acceptors (Lipinski definition) is 3. The van der Waals surface area contributed by atoms with E-state index < -0.39 is 0 Å². The summed E-state index contributed by atoms with van der Waals surface area (Å²) in [6.07, 6.45) is 0.737. The maximum atomic E-state index is 11.3. The van der Waals surface area contributed by atoms with E-state index in [1.54, 1.807) is 19.1 Å². The van der Waals surface area contributed by atoms with Gasteiger partial charge in [0.2, 0.25) is 0 Å². The van der Waals surface area contributed by atoms with E-state index in [0.29, 0.717) is 22.4 Å². The van der Waals surface area contributed by atoms with Crippen LogP contribution >= 0.6 is 0 Å². The summed E-state index contributed by atoms with van der Waals surface area (Å²) in [6, 6.07) is 3.28. The van der Waals surface area contributed by atoms with Crippen molar-refractivity contribution in [2.24, 2.45) is 0 Å². The fourth-order valence-electron chi connectivity index (χ4n) is 1.44. The molecule has 0 unspecified atom stereocenters. The van der Waals surface area contributed by atoms with E-state index in [2.05, 4.69) is 0 Å². The normalized spacial score (nSPS) is 9.64. The number of aldehydes is 1. The molecule has 0 saturated heterocycles. The number of ether oxygens (including phenoxy) is 1. The Morgan fingerprint density at radius 1 is 1.43 bits per heavy atom. The predicted octanol–water partition coefficient (Wildman–Crippen LogP) is 2.02. The van der Waals surface area contributed by atoms with Gasteiger partial charge >= 0.3 is 0 Å². The molecular weight excluding hydrogens is 180 g/mol. The highest BCUT2D eigenvalue weighted by Crippen LogP contribution is 2.24. The highest BCUT2D eigenvalue weighted by Gasteiger charge is 2.13. The molecule has 0 aromatic heterocycles. The number of Topliss-reactive ketones (excluding diaryl/α,β-unsaturated/α-hetero) is 1. The molecule has 0 heterocycles. The summed E-state index contributed by atoms with van der Waals surface area (Å²) >= 11 is 0. The van der Waals surface area contributed by atoms with Crippen LogP contribution in [-0.2, 0) is 0 Å². The summed E-state index contributed by atoms with van der Waals surface area (Å²) in [5.41, 5.74) is 1.68. The molecule has 1 rings (SSSR count). The molecule has 0 aliphatic heterocycles. The van der Waals surface area contributed by atoms with Crippen molar-refractivity contribution in [3.63, 3.8) is 0 Å². The van der Waals surface area contributed by atoms with Crippen LogP contribution in [0.5, 0.6) is 5.75 Å². The Morgan fingerprint density at radius 3 is 2.50 bits per heavy atom. The Bertz CT molecular complexity index is 380. The van der Waals surface area contributed by atoms with Crippen molar-refractivity contribution >= 4 is 12.1 Å². The average Bonchev–Trinajstić information content (AvgIpc) is 2.16. The van der Waals surface area contributed by atoms with E-state index in [0.717, 1.165) is 6.29 Å². The zero-order valence-corrected chi connectivity index (χ0v) is 8.46. The summed E-state index contributed by atoms with van der Waals surface area (Å²) in [5, 5.41) is 0. The molecule has 0 atom stereocenters. The third-order valence-electron chi connectivity index (χ3n) is 2.17. The minimum Gasteiger partial charge on any atom is -0.496 e. The second-order valence-electron chi connectivity index (χ2n) is 3.03. The fourth-order valence-corrected chi connectivity index (χ4v) is 1.44. The number of hydrogen-bond donors (Lipinski definition) is 0. The fraction of sp³-hybridized carbons (Fsp3) is 0.273. The summed E-state index contributed by atoms with van der Waals surface area (Å²) in [4.78, 5) is 22.0. The number of methoxy groups -OCH3 is 1. The third kappa shape index (κ3) is 1.66. The largest absolute Gasteiger partial charge is 0.496 e. The second-order valence-corrected chi connectivity index (χ2v) is 3.03. The Kier molecular flexibility index (Phi) is 3.02. The Morgan fingerprint density at radius 2 is 2.07 bits per heavy atom. The summed E-state index contributed by atoms with van der Waals surface area (Å²) in [6.45, 7) is 3.20. The minimum absolute atomic E-state index is 0.0944. The van der Waals surface area contributed by atoms with E-state index in [9.17, 15) is 9.59 Å². The van der Waals surface area contributed by atoms with E-state index in [1.807, 2.05) is 0 Å². The maximum absolute atomic E-state index is 11.3. The molecule has 0 radical (unpaired) electrons. The molecule has 0 spiro atoms. The molecule has 74 valence electrons. The SMILES string of the molecule is COc1ccc(C=O)c(C)c1C(C)=O. The molecule has 1 aromatic carbocycles. The van der Waals surface area contributed by atoms with Gasteiger partial charge in [-0.15, -0.1) is 0 Å². The lowest BCUT2D eigenvalue weighted by atomic mass is 9.99. The topological polar surface area (TPSA) is 43.4 Å². The lowest BCUT2D eigenvalue weighted by Gasteiger charge is -2.10. The molecule has 0 bridgehead atoms. The van der Waals surface area contributed by atoms with E-state index in [1.165, 1.54) is 14.0 Å². The van der Waals surface area contributed by atoms with Crippen LogP contribution in [-0.4, -0.2) is 19.2 Å². The first-order valence-electron chi connectivity index (χ1n) is 4.25. The summed E-state index contributed by atoms with van der Waals surface area (Å²) in [7, 11) is 1.50. The van der Waals surface area contributed by atoms with Gasteiger partial charge in [-0.05, 0) is 31.5 Å². The average molecular weight is 192 g/mol. The van der Waals surface area contributed by atoms with Crippen molar-refractivity contribution in [1.82, 2.24) is 0 Å². The van der Waals surface area contributed by atoms with E-state index in [-0.39, 0.29) is 5.78 Å². The van der Waals surface area contributed by atoms with Crippen molar-refractivity contribution in [3.05, 3.63) is 28.8 Å². The first-order chi connectivity index (χ1) is 6.61. The van der Waals surface area contributed by atoms with Crippen molar-refractivity contribution in [2.45, 2.75) is 13.8 Å². The molecular formula is C11H12O3. The predicted molar refractivity (Wildman–Crippen MR) is 53.1 cm³/mol. The van der Waals surface area contributed by atoms with E-state index >= 15 is 0 Å². The molecule has 14 heavy (non-hydrogen) atoms. The monoisotopic (exact) mass is 192 g/mol. The maximum Gasteiger partial charge on any atom is 0.163 e.